The third kappa shape index (κ3) is 6.33. The molecule has 0 fully saturated rings. The van der Waals surface area contributed by atoms with Crippen LogP contribution in [0.15, 0.2) is 91.0 Å². The Bertz CT molecular complexity index is 1300. The molecule has 7 heteroatoms. The summed E-state index contributed by atoms with van der Waals surface area (Å²) in [5.74, 6) is -0.446. The fraction of sp³-hybridized carbons (Fsp3) is 0.0741. The summed E-state index contributed by atoms with van der Waals surface area (Å²) in [6.07, 6.45) is 0. The van der Waals surface area contributed by atoms with Crippen LogP contribution >= 0.6 is 11.6 Å². The van der Waals surface area contributed by atoms with Crippen molar-refractivity contribution in [1.29, 1.82) is 0 Å². The van der Waals surface area contributed by atoms with E-state index >= 15 is 0 Å². The maximum absolute atomic E-state index is 13.5. The number of hydrogen-bond acceptors (Lipinski definition) is 3. The second kappa shape index (κ2) is 10.8. The lowest BCUT2D eigenvalue weighted by Crippen LogP contribution is -2.14. The van der Waals surface area contributed by atoms with Crippen LogP contribution in [-0.4, -0.2) is 5.91 Å². The van der Waals surface area contributed by atoms with Gasteiger partial charge in [0, 0.05) is 10.7 Å². The van der Waals surface area contributed by atoms with Crippen LogP contribution in [-0.2, 0) is 13.2 Å². The van der Waals surface area contributed by atoms with Crippen molar-refractivity contribution in [3.05, 3.63) is 124 Å². The zero-order valence-electron chi connectivity index (χ0n) is 17.9. The number of amides is 1. The zero-order chi connectivity index (χ0) is 23.9. The molecule has 0 unspecified atom stereocenters. The Morgan fingerprint density at radius 2 is 1.38 bits per heavy atom. The van der Waals surface area contributed by atoms with Crippen molar-refractivity contribution in [2.24, 2.45) is 0 Å². The second-order valence-electron chi connectivity index (χ2n) is 7.46. The molecule has 0 radical (unpaired) electrons. The average Bonchev–Trinajstić information content (AvgIpc) is 2.83. The first-order valence-corrected chi connectivity index (χ1v) is 10.8. The van der Waals surface area contributed by atoms with E-state index in [4.69, 9.17) is 21.1 Å². The van der Waals surface area contributed by atoms with Crippen LogP contribution < -0.4 is 14.8 Å². The molecule has 0 spiro atoms. The lowest BCUT2D eigenvalue weighted by Gasteiger charge is -2.14. The monoisotopic (exact) mass is 479 g/mol. The van der Waals surface area contributed by atoms with Crippen LogP contribution in [0, 0.1) is 11.6 Å². The van der Waals surface area contributed by atoms with Crippen LogP contribution in [0.1, 0.15) is 21.5 Å². The molecule has 4 aromatic rings. The van der Waals surface area contributed by atoms with Gasteiger partial charge >= 0.3 is 0 Å². The van der Waals surface area contributed by atoms with Crippen LogP contribution in [0.25, 0.3) is 0 Å². The average molecular weight is 480 g/mol. The molecule has 4 rings (SSSR count). The topological polar surface area (TPSA) is 47.6 Å². The van der Waals surface area contributed by atoms with Crippen LogP contribution in [0.5, 0.6) is 11.5 Å². The Labute approximate surface area is 200 Å². The van der Waals surface area contributed by atoms with Crippen molar-refractivity contribution >= 4 is 23.2 Å². The number of ether oxygens (including phenoxy) is 2. The highest BCUT2D eigenvalue weighted by Gasteiger charge is 2.16. The van der Waals surface area contributed by atoms with Gasteiger partial charge in [0.1, 0.15) is 36.3 Å². The zero-order valence-corrected chi connectivity index (χ0v) is 18.7. The van der Waals surface area contributed by atoms with E-state index in [9.17, 15) is 13.6 Å². The van der Waals surface area contributed by atoms with E-state index in [-0.39, 0.29) is 30.4 Å². The molecule has 1 N–H and O–H groups in total. The minimum absolute atomic E-state index is 0.0719. The molecule has 0 aliphatic carbocycles. The highest BCUT2D eigenvalue weighted by Crippen LogP contribution is 2.27. The molecule has 0 bridgehead atoms. The van der Waals surface area contributed by atoms with Gasteiger partial charge in [-0.25, -0.2) is 8.78 Å². The lowest BCUT2D eigenvalue weighted by molar-refractivity contribution is 0.102. The van der Waals surface area contributed by atoms with Crippen molar-refractivity contribution in [2.75, 3.05) is 5.32 Å². The van der Waals surface area contributed by atoms with Crippen molar-refractivity contribution in [3.63, 3.8) is 0 Å². The fourth-order valence-electron chi connectivity index (χ4n) is 3.22. The van der Waals surface area contributed by atoms with Crippen molar-refractivity contribution in [3.8, 4) is 11.5 Å². The first-order valence-electron chi connectivity index (χ1n) is 10.4. The van der Waals surface area contributed by atoms with Crippen molar-refractivity contribution < 1.29 is 23.0 Å². The Balaban J connectivity index is 1.55. The van der Waals surface area contributed by atoms with E-state index in [0.717, 1.165) is 0 Å². The van der Waals surface area contributed by atoms with Crippen LogP contribution in [0.3, 0.4) is 0 Å². The maximum Gasteiger partial charge on any atom is 0.259 e. The molecular formula is C27H20ClF2NO3. The standard InChI is InChI=1S/C27H20ClF2NO3/c28-20-7-9-23(10-8-20)31-27(32)25-15-24(33-16-18-3-1-5-21(29)13-18)11-12-26(25)34-17-19-4-2-6-22(30)14-19/h1-15H,16-17H2,(H,31,32). The van der Waals surface area contributed by atoms with E-state index in [1.165, 1.54) is 24.3 Å². The van der Waals surface area contributed by atoms with Gasteiger partial charge in [0.25, 0.3) is 5.91 Å². The van der Waals surface area contributed by atoms with Crippen molar-refractivity contribution in [2.45, 2.75) is 13.2 Å². The molecule has 0 aromatic heterocycles. The summed E-state index contributed by atoms with van der Waals surface area (Å²) >= 11 is 5.92. The van der Waals surface area contributed by atoms with E-state index in [0.29, 0.717) is 33.3 Å². The molecule has 0 aliphatic heterocycles. The fourth-order valence-corrected chi connectivity index (χ4v) is 3.34. The highest BCUT2D eigenvalue weighted by atomic mass is 35.5. The first-order chi connectivity index (χ1) is 16.5. The predicted molar refractivity (Wildman–Crippen MR) is 127 cm³/mol. The van der Waals surface area contributed by atoms with E-state index < -0.39 is 5.91 Å². The summed E-state index contributed by atoms with van der Waals surface area (Å²) in [5.41, 5.74) is 2.05. The number of anilines is 1. The lowest BCUT2D eigenvalue weighted by atomic mass is 10.1. The van der Waals surface area contributed by atoms with Gasteiger partial charge in [-0.2, -0.15) is 0 Å². The Morgan fingerprint density at radius 3 is 2.00 bits per heavy atom. The number of hydrogen-bond donors (Lipinski definition) is 1. The summed E-state index contributed by atoms with van der Waals surface area (Å²) in [6, 6.07) is 23.6. The summed E-state index contributed by atoms with van der Waals surface area (Å²) in [4.78, 5) is 13.1. The van der Waals surface area contributed by atoms with Gasteiger partial charge in [-0.05, 0) is 77.9 Å². The second-order valence-corrected chi connectivity index (χ2v) is 7.89. The molecule has 4 aromatic carbocycles. The number of rotatable bonds is 8. The van der Waals surface area contributed by atoms with Crippen molar-refractivity contribution in [1.82, 2.24) is 0 Å². The van der Waals surface area contributed by atoms with Gasteiger partial charge in [-0.1, -0.05) is 35.9 Å². The van der Waals surface area contributed by atoms with Gasteiger partial charge in [-0.15, -0.1) is 0 Å². The number of carbonyl (C=O) groups is 1. The smallest absolute Gasteiger partial charge is 0.259 e. The molecule has 172 valence electrons. The summed E-state index contributed by atoms with van der Waals surface area (Å²) in [6.45, 7) is 0.196. The minimum atomic E-state index is -0.423. The maximum atomic E-state index is 13.5. The van der Waals surface area contributed by atoms with Gasteiger partial charge in [-0.3, -0.25) is 4.79 Å². The Hall–Kier alpha value is -3.90. The third-order valence-corrected chi connectivity index (χ3v) is 5.13. The Kier molecular flexibility index (Phi) is 7.40. The molecule has 0 saturated carbocycles. The Morgan fingerprint density at radius 1 is 0.765 bits per heavy atom. The normalized spacial score (nSPS) is 10.6. The SMILES string of the molecule is O=C(Nc1ccc(Cl)cc1)c1cc(OCc2cccc(F)c2)ccc1OCc1cccc(F)c1. The number of nitrogens with one attached hydrogen (secondary N) is 1. The predicted octanol–water partition coefficient (Wildman–Crippen LogP) is 7.03. The number of carbonyl (C=O) groups excluding carboxylic acids is 1. The molecule has 1 amide bonds. The van der Waals surface area contributed by atoms with Gasteiger partial charge < -0.3 is 14.8 Å². The molecule has 0 atom stereocenters. The minimum Gasteiger partial charge on any atom is -0.489 e. The van der Waals surface area contributed by atoms with Gasteiger partial charge in [0.2, 0.25) is 0 Å². The molecule has 0 aliphatic rings. The van der Waals surface area contributed by atoms with Gasteiger partial charge in [0.15, 0.2) is 0 Å². The quantitative estimate of drug-likeness (QED) is 0.295. The van der Waals surface area contributed by atoms with Crippen LogP contribution in [0.2, 0.25) is 5.02 Å². The van der Waals surface area contributed by atoms with E-state index in [1.807, 2.05) is 0 Å². The highest BCUT2D eigenvalue weighted by molar-refractivity contribution is 6.30. The molecule has 34 heavy (non-hydrogen) atoms. The molecule has 0 saturated heterocycles. The molecule has 0 heterocycles. The summed E-state index contributed by atoms with van der Waals surface area (Å²) < 4.78 is 38.5. The number of halogens is 3. The summed E-state index contributed by atoms with van der Waals surface area (Å²) in [5, 5.41) is 3.35. The third-order valence-electron chi connectivity index (χ3n) is 4.88. The first kappa shape index (κ1) is 23.3. The summed E-state index contributed by atoms with van der Waals surface area (Å²) in [7, 11) is 0. The van der Waals surface area contributed by atoms with E-state index in [1.54, 1.807) is 66.7 Å². The van der Waals surface area contributed by atoms with Crippen LogP contribution in [0.4, 0.5) is 14.5 Å². The number of benzene rings is 4. The van der Waals surface area contributed by atoms with E-state index in [2.05, 4.69) is 5.32 Å². The van der Waals surface area contributed by atoms with Gasteiger partial charge in [0.05, 0.1) is 5.56 Å². The largest absolute Gasteiger partial charge is 0.489 e. The molecular weight excluding hydrogens is 460 g/mol. The molecule has 4 nitrogen and oxygen atoms in total.